The normalized spacial score (nSPS) is 22.2. The van der Waals surface area contributed by atoms with E-state index in [9.17, 15) is 15.3 Å². The third kappa shape index (κ3) is 5.63. The van der Waals surface area contributed by atoms with Crippen molar-refractivity contribution in [2.45, 2.75) is 31.6 Å². The lowest BCUT2D eigenvalue weighted by Gasteiger charge is -2.20. The molecular formula is C22H29N5O5. The third-order valence-corrected chi connectivity index (χ3v) is 5.31. The average molecular weight is 444 g/mol. The molecule has 10 heteroatoms. The highest BCUT2D eigenvalue weighted by Gasteiger charge is 2.41. The van der Waals surface area contributed by atoms with Crippen molar-refractivity contribution in [1.82, 2.24) is 15.0 Å². The second-order valence-corrected chi connectivity index (χ2v) is 7.53. The third-order valence-electron chi connectivity index (χ3n) is 5.31. The molecule has 0 amide bonds. The van der Waals surface area contributed by atoms with E-state index in [0.29, 0.717) is 54.0 Å². The Morgan fingerprint density at radius 2 is 1.97 bits per heavy atom. The molecule has 1 saturated carbocycles. The van der Waals surface area contributed by atoms with Gasteiger partial charge in [0.2, 0.25) is 11.8 Å². The Labute approximate surface area is 187 Å². The van der Waals surface area contributed by atoms with E-state index in [1.54, 1.807) is 32.5 Å². The maximum Gasteiger partial charge on any atom is 0.225 e. The van der Waals surface area contributed by atoms with Crippen LogP contribution in [0.1, 0.15) is 23.2 Å². The van der Waals surface area contributed by atoms with Crippen LogP contribution in [0.4, 0.5) is 11.8 Å². The van der Waals surface area contributed by atoms with Gasteiger partial charge in [-0.25, -0.2) is 9.97 Å². The summed E-state index contributed by atoms with van der Waals surface area (Å²) in [5.41, 5.74) is 1.89. The second kappa shape index (κ2) is 11.1. The number of rotatable bonds is 8. The van der Waals surface area contributed by atoms with Crippen molar-refractivity contribution in [3.8, 4) is 17.7 Å². The molecule has 5 N–H and O–H groups in total. The molecular weight excluding hydrogens is 414 g/mol. The van der Waals surface area contributed by atoms with Crippen molar-refractivity contribution in [1.29, 1.82) is 0 Å². The minimum atomic E-state index is -1.04. The first-order chi connectivity index (χ1) is 15.5. The summed E-state index contributed by atoms with van der Waals surface area (Å²) in [6, 6.07) is 3.03. The van der Waals surface area contributed by atoms with E-state index in [0.717, 1.165) is 0 Å². The van der Waals surface area contributed by atoms with E-state index in [4.69, 9.17) is 9.47 Å². The summed E-state index contributed by atoms with van der Waals surface area (Å²) in [4.78, 5) is 13.2. The lowest BCUT2D eigenvalue weighted by molar-refractivity contribution is 0.00445. The van der Waals surface area contributed by atoms with Crippen LogP contribution in [-0.4, -0.2) is 82.5 Å². The van der Waals surface area contributed by atoms with Crippen molar-refractivity contribution in [3.63, 3.8) is 0 Å². The van der Waals surface area contributed by atoms with E-state index in [-0.39, 0.29) is 6.61 Å². The van der Waals surface area contributed by atoms with Gasteiger partial charge >= 0.3 is 0 Å². The molecule has 1 fully saturated rings. The zero-order valence-corrected chi connectivity index (χ0v) is 18.4. The van der Waals surface area contributed by atoms with Crippen LogP contribution in [0.3, 0.4) is 0 Å². The molecule has 1 aliphatic carbocycles. The average Bonchev–Trinajstić information content (AvgIpc) is 3.07. The van der Waals surface area contributed by atoms with Gasteiger partial charge in [-0.2, -0.15) is 4.98 Å². The predicted octanol–water partition coefficient (Wildman–Crippen LogP) is 0.161. The molecule has 2 heterocycles. The van der Waals surface area contributed by atoms with Crippen LogP contribution >= 0.6 is 0 Å². The van der Waals surface area contributed by atoms with Gasteiger partial charge in [0.15, 0.2) is 0 Å². The van der Waals surface area contributed by atoms with Crippen molar-refractivity contribution >= 4 is 11.8 Å². The SMILES string of the molecule is COCCNc1nc(C)c(C#Cc2ccc(OC)nc2)c(N[C@@H]2C[C@H](CO)[C@@H](O)[C@H]2O)n1. The fraction of sp³-hybridized carbons (Fsp3) is 0.500. The van der Waals surface area contributed by atoms with Gasteiger partial charge in [0.05, 0.1) is 37.1 Å². The zero-order valence-electron chi connectivity index (χ0n) is 18.4. The Morgan fingerprint density at radius 3 is 2.59 bits per heavy atom. The highest BCUT2D eigenvalue weighted by Crippen LogP contribution is 2.30. The lowest BCUT2D eigenvalue weighted by atomic mass is 10.1. The molecule has 0 spiro atoms. The van der Waals surface area contributed by atoms with Crippen molar-refractivity contribution in [2.75, 3.05) is 44.6 Å². The standard InChI is InChI=1S/C22H29N5O5/c1-13-16(6-4-14-5-7-18(32-3)24-11-14)21(27-22(25-13)23-8-9-31-2)26-17-10-15(12-28)19(29)20(17)30/h5,7,11,15,17,19-20,28-30H,8-10,12H2,1-3H3,(H2,23,25,26,27)/t15-,17-,19-,20+/m1/s1. The molecule has 10 nitrogen and oxygen atoms in total. The Kier molecular flexibility index (Phi) is 8.19. The van der Waals surface area contributed by atoms with Crippen LogP contribution in [0, 0.1) is 24.7 Å². The van der Waals surface area contributed by atoms with Gasteiger partial charge in [0, 0.05) is 44.0 Å². The van der Waals surface area contributed by atoms with E-state index < -0.39 is 24.2 Å². The number of anilines is 2. The zero-order chi connectivity index (χ0) is 23.1. The summed E-state index contributed by atoms with van der Waals surface area (Å²) in [5, 5.41) is 36.4. The number of aryl methyl sites for hydroxylation is 1. The predicted molar refractivity (Wildman–Crippen MR) is 119 cm³/mol. The van der Waals surface area contributed by atoms with Crippen molar-refractivity contribution in [3.05, 3.63) is 35.2 Å². The number of aliphatic hydroxyl groups is 3. The van der Waals surface area contributed by atoms with E-state index >= 15 is 0 Å². The highest BCUT2D eigenvalue weighted by molar-refractivity contribution is 5.60. The molecule has 0 aliphatic heterocycles. The molecule has 1 aliphatic rings. The highest BCUT2D eigenvalue weighted by atomic mass is 16.5. The lowest BCUT2D eigenvalue weighted by Crippen LogP contribution is -2.36. The number of pyridine rings is 1. The van der Waals surface area contributed by atoms with E-state index in [2.05, 4.69) is 37.4 Å². The Bertz CT molecular complexity index is 960. The first-order valence-corrected chi connectivity index (χ1v) is 10.3. The summed E-state index contributed by atoms with van der Waals surface area (Å²) < 4.78 is 10.1. The molecule has 0 saturated heterocycles. The number of nitrogens with one attached hydrogen (secondary N) is 2. The first kappa shape index (κ1) is 23.7. The Balaban J connectivity index is 1.91. The van der Waals surface area contributed by atoms with Gasteiger partial charge in [-0.15, -0.1) is 0 Å². The van der Waals surface area contributed by atoms with Gasteiger partial charge < -0.3 is 35.4 Å². The van der Waals surface area contributed by atoms with Gasteiger partial charge in [0.25, 0.3) is 0 Å². The number of hydrogen-bond donors (Lipinski definition) is 5. The molecule has 0 bridgehead atoms. The van der Waals surface area contributed by atoms with E-state index in [1.165, 1.54) is 0 Å². The van der Waals surface area contributed by atoms with Gasteiger partial charge in [-0.05, 0) is 19.4 Å². The number of hydrogen-bond acceptors (Lipinski definition) is 10. The fourth-order valence-electron chi connectivity index (χ4n) is 3.50. The summed E-state index contributed by atoms with van der Waals surface area (Å²) in [6.07, 6.45) is -0.0546. The molecule has 2 aromatic heterocycles. The van der Waals surface area contributed by atoms with Crippen LogP contribution < -0.4 is 15.4 Å². The summed E-state index contributed by atoms with van der Waals surface area (Å²) in [5.74, 6) is 7.05. The largest absolute Gasteiger partial charge is 0.481 e. The summed E-state index contributed by atoms with van der Waals surface area (Å²) >= 11 is 0. The smallest absolute Gasteiger partial charge is 0.225 e. The monoisotopic (exact) mass is 443 g/mol. The molecule has 32 heavy (non-hydrogen) atoms. The van der Waals surface area contributed by atoms with Crippen LogP contribution in [0.5, 0.6) is 5.88 Å². The number of nitrogens with zero attached hydrogens (tertiary/aromatic N) is 3. The summed E-state index contributed by atoms with van der Waals surface area (Å²) in [6.45, 7) is 2.62. The van der Waals surface area contributed by atoms with Crippen LogP contribution in [0.15, 0.2) is 18.3 Å². The first-order valence-electron chi connectivity index (χ1n) is 10.3. The van der Waals surface area contributed by atoms with Crippen LogP contribution in [-0.2, 0) is 4.74 Å². The van der Waals surface area contributed by atoms with Crippen molar-refractivity contribution < 1.29 is 24.8 Å². The molecule has 2 aromatic rings. The Morgan fingerprint density at radius 1 is 1.16 bits per heavy atom. The second-order valence-electron chi connectivity index (χ2n) is 7.53. The van der Waals surface area contributed by atoms with Gasteiger partial charge in [0.1, 0.15) is 11.9 Å². The molecule has 0 aromatic carbocycles. The number of aliphatic hydroxyl groups excluding tert-OH is 3. The van der Waals surface area contributed by atoms with Gasteiger partial charge in [-0.3, -0.25) is 0 Å². The van der Waals surface area contributed by atoms with Crippen LogP contribution in [0.25, 0.3) is 0 Å². The van der Waals surface area contributed by atoms with Crippen molar-refractivity contribution in [2.24, 2.45) is 5.92 Å². The molecule has 4 atom stereocenters. The minimum Gasteiger partial charge on any atom is -0.481 e. The number of ether oxygens (including phenoxy) is 2. The fourth-order valence-corrected chi connectivity index (χ4v) is 3.50. The quantitative estimate of drug-likeness (QED) is 0.283. The maximum atomic E-state index is 10.4. The number of aromatic nitrogens is 3. The topological polar surface area (TPSA) is 142 Å². The van der Waals surface area contributed by atoms with Gasteiger partial charge in [-0.1, -0.05) is 11.8 Å². The maximum absolute atomic E-state index is 10.4. The van der Waals surface area contributed by atoms with E-state index in [1.807, 2.05) is 6.92 Å². The van der Waals surface area contributed by atoms with Crippen LogP contribution in [0.2, 0.25) is 0 Å². The summed E-state index contributed by atoms with van der Waals surface area (Å²) in [7, 11) is 3.15. The molecule has 0 unspecified atom stereocenters. The Hall–Kier alpha value is -2.97. The minimum absolute atomic E-state index is 0.208. The molecule has 3 rings (SSSR count). The molecule has 172 valence electrons. The number of methoxy groups -OCH3 is 2. The molecule has 0 radical (unpaired) electrons.